The van der Waals surface area contributed by atoms with Gasteiger partial charge < -0.3 is 10.2 Å². The summed E-state index contributed by atoms with van der Waals surface area (Å²) in [7, 11) is 0. The first-order chi connectivity index (χ1) is 11.8. The lowest BCUT2D eigenvalue weighted by molar-refractivity contribution is 0.608. The number of hydrogen-bond acceptors (Lipinski definition) is 7. The average Bonchev–Trinajstić information content (AvgIpc) is 3.31. The van der Waals surface area contributed by atoms with Gasteiger partial charge in [0, 0.05) is 37.9 Å². The van der Waals surface area contributed by atoms with Gasteiger partial charge in [-0.15, -0.1) is 0 Å². The van der Waals surface area contributed by atoms with E-state index in [1.807, 2.05) is 4.90 Å². The van der Waals surface area contributed by atoms with Gasteiger partial charge in [0.15, 0.2) is 11.6 Å². The maximum Gasteiger partial charge on any atom is 0.254 e. The van der Waals surface area contributed by atoms with Gasteiger partial charge in [0.25, 0.3) is 5.95 Å². The highest BCUT2D eigenvalue weighted by atomic mass is 19.1. The zero-order chi connectivity index (χ0) is 16.4. The number of hydrogen-bond donors (Lipinski definition) is 1. The minimum Gasteiger partial charge on any atom is -0.354 e. The van der Waals surface area contributed by atoms with Crippen LogP contribution < -0.4 is 10.2 Å². The van der Waals surface area contributed by atoms with Crippen LogP contribution in [0.1, 0.15) is 12.8 Å². The van der Waals surface area contributed by atoms with Gasteiger partial charge in [0.1, 0.15) is 5.82 Å². The molecule has 1 aliphatic heterocycles. The third kappa shape index (κ3) is 2.75. The lowest BCUT2D eigenvalue weighted by Crippen LogP contribution is -2.22. The molecule has 1 aliphatic rings. The number of aromatic nitrogens is 6. The molecule has 0 spiro atoms. The van der Waals surface area contributed by atoms with E-state index in [2.05, 4.69) is 30.4 Å². The van der Waals surface area contributed by atoms with Gasteiger partial charge in [-0.05, 0) is 18.9 Å². The molecule has 4 heterocycles. The molecule has 0 radical (unpaired) electrons. The monoisotopic (exact) mass is 326 g/mol. The van der Waals surface area contributed by atoms with Crippen LogP contribution in [0.4, 0.5) is 21.8 Å². The summed E-state index contributed by atoms with van der Waals surface area (Å²) in [5.74, 6) is 0.541. The van der Waals surface area contributed by atoms with Gasteiger partial charge >= 0.3 is 0 Å². The molecular weight excluding hydrogens is 311 g/mol. The fourth-order valence-electron chi connectivity index (χ4n) is 2.62. The van der Waals surface area contributed by atoms with E-state index in [9.17, 15) is 4.39 Å². The van der Waals surface area contributed by atoms with Crippen molar-refractivity contribution in [3.05, 3.63) is 42.9 Å². The van der Waals surface area contributed by atoms with E-state index in [-0.39, 0.29) is 11.6 Å². The van der Waals surface area contributed by atoms with E-state index < -0.39 is 5.82 Å². The molecule has 0 unspecified atom stereocenters. The molecule has 0 aromatic carbocycles. The van der Waals surface area contributed by atoms with Crippen molar-refractivity contribution in [2.45, 2.75) is 12.8 Å². The topological polar surface area (TPSA) is 84.7 Å². The number of nitrogens with one attached hydrogen (secondary N) is 1. The van der Waals surface area contributed by atoms with E-state index in [4.69, 9.17) is 0 Å². The van der Waals surface area contributed by atoms with Gasteiger partial charge in [-0.2, -0.15) is 19.5 Å². The molecule has 3 aromatic heterocycles. The van der Waals surface area contributed by atoms with Crippen LogP contribution in [0.3, 0.4) is 0 Å². The lowest BCUT2D eigenvalue weighted by atomic mass is 10.4. The van der Waals surface area contributed by atoms with E-state index in [0.29, 0.717) is 11.8 Å². The van der Waals surface area contributed by atoms with Crippen LogP contribution >= 0.6 is 0 Å². The van der Waals surface area contributed by atoms with E-state index in [1.54, 1.807) is 24.7 Å². The second-order valence-electron chi connectivity index (χ2n) is 5.37. The summed E-state index contributed by atoms with van der Waals surface area (Å²) in [4.78, 5) is 18.6. The Bertz CT molecular complexity index is 815. The highest BCUT2D eigenvalue weighted by Gasteiger charge is 2.23. The van der Waals surface area contributed by atoms with Crippen molar-refractivity contribution in [1.29, 1.82) is 0 Å². The van der Waals surface area contributed by atoms with Crippen molar-refractivity contribution in [3.8, 4) is 5.95 Å². The number of nitrogens with zero attached hydrogens (tertiary/aromatic N) is 7. The first-order valence-electron chi connectivity index (χ1n) is 7.67. The average molecular weight is 326 g/mol. The number of anilines is 3. The maximum atomic E-state index is 14.9. The molecule has 8 nitrogen and oxygen atoms in total. The second-order valence-corrected chi connectivity index (χ2v) is 5.37. The summed E-state index contributed by atoms with van der Waals surface area (Å²) in [5.41, 5.74) is 0. The molecule has 0 bridgehead atoms. The third-order valence-corrected chi connectivity index (χ3v) is 3.75. The molecule has 1 N–H and O–H groups in total. The molecule has 0 aliphatic carbocycles. The molecule has 1 fully saturated rings. The number of rotatable bonds is 4. The fraction of sp³-hybridized carbons (Fsp3) is 0.267. The smallest absolute Gasteiger partial charge is 0.254 e. The fourth-order valence-corrected chi connectivity index (χ4v) is 2.62. The summed E-state index contributed by atoms with van der Waals surface area (Å²) in [6, 6.07) is 1.76. The molecule has 0 saturated carbocycles. The summed E-state index contributed by atoms with van der Waals surface area (Å²) >= 11 is 0. The molecule has 1 saturated heterocycles. The molecule has 0 amide bonds. The van der Waals surface area contributed by atoms with Gasteiger partial charge in [-0.25, -0.2) is 9.67 Å². The van der Waals surface area contributed by atoms with Gasteiger partial charge in [-0.3, -0.25) is 4.98 Å². The van der Waals surface area contributed by atoms with Gasteiger partial charge in [0.05, 0.1) is 6.20 Å². The number of halogens is 1. The van der Waals surface area contributed by atoms with E-state index in [1.165, 1.54) is 17.1 Å². The van der Waals surface area contributed by atoms with Crippen molar-refractivity contribution in [3.63, 3.8) is 0 Å². The Morgan fingerprint density at radius 2 is 1.96 bits per heavy atom. The van der Waals surface area contributed by atoms with Gasteiger partial charge in [0.2, 0.25) is 5.82 Å². The van der Waals surface area contributed by atoms with E-state index >= 15 is 0 Å². The van der Waals surface area contributed by atoms with Crippen LogP contribution in [-0.4, -0.2) is 42.8 Å². The van der Waals surface area contributed by atoms with Crippen LogP contribution in [0.2, 0.25) is 0 Å². The predicted molar refractivity (Wildman–Crippen MR) is 85.9 cm³/mol. The largest absolute Gasteiger partial charge is 0.354 e. The second kappa shape index (κ2) is 6.19. The van der Waals surface area contributed by atoms with Crippen LogP contribution in [0.5, 0.6) is 0 Å². The van der Waals surface area contributed by atoms with Crippen LogP contribution in [0, 0.1) is 5.82 Å². The SMILES string of the molecule is Fc1c(Nc2cnccn2)nc(-n2cccn2)nc1N1CCCC1. The van der Waals surface area contributed by atoms with Crippen molar-refractivity contribution < 1.29 is 4.39 Å². The Morgan fingerprint density at radius 3 is 2.67 bits per heavy atom. The standard InChI is InChI=1S/C15H15FN8/c16-12-13(20-11-10-17-5-6-18-11)21-15(24-9-3-4-19-24)22-14(12)23-7-1-2-8-23/h3-6,9-10H,1-2,7-8H2,(H,18,20,21,22). The molecule has 4 rings (SSSR count). The van der Waals surface area contributed by atoms with Crippen LogP contribution in [0.25, 0.3) is 5.95 Å². The first-order valence-corrected chi connectivity index (χ1v) is 7.67. The molecule has 3 aromatic rings. The highest BCUT2D eigenvalue weighted by Crippen LogP contribution is 2.27. The van der Waals surface area contributed by atoms with Crippen molar-refractivity contribution in [1.82, 2.24) is 29.7 Å². The minimum atomic E-state index is -0.501. The lowest BCUT2D eigenvalue weighted by Gasteiger charge is -2.19. The summed E-state index contributed by atoms with van der Waals surface area (Å²) < 4.78 is 16.4. The minimum absolute atomic E-state index is 0.0536. The van der Waals surface area contributed by atoms with Crippen LogP contribution in [0.15, 0.2) is 37.1 Å². The predicted octanol–water partition coefficient (Wildman–Crippen LogP) is 1.94. The molecule has 24 heavy (non-hydrogen) atoms. The summed E-state index contributed by atoms with van der Waals surface area (Å²) in [6.07, 6.45) is 9.96. The first kappa shape index (κ1) is 14.5. The quantitative estimate of drug-likeness (QED) is 0.784. The van der Waals surface area contributed by atoms with Crippen molar-refractivity contribution in [2.75, 3.05) is 23.3 Å². The zero-order valence-electron chi connectivity index (χ0n) is 12.8. The summed E-state index contributed by atoms with van der Waals surface area (Å²) in [6.45, 7) is 1.55. The Labute approximate surface area is 137 Å². The van der Waals surface area contributed by atoms with Crippen molar-refractivity contribution in [2.24, 2.45) is 0 Å². The van der Waals surface area contributed by atoms with Gasteiger partial charge in [-0.1, -0.05) is 0 Å². The maximum absolute atomic E-state index is 14.9. The van der Waals surface area contributed by atoms with Crippen molar-refractivity contribution >= 4 is 17.5 Å². The zero-order valence-corrected chi connectivity index (χ0v) is 12.8. The molecule has 122 valence electrons. The molecule has 9 heteroatoms. The van der Waals surface area contributed by atoms with E-state index in [0.717, 1.165) is 25.9 Å². The van der Waals surface area contributed by atoms with Crippen LogP contribution in [-0.2, 0) is 0 Å². The normalized spacial score (nSPS) is 14.1. The third-order valence-electron chi connectivity index (χ3n) is 3.75. The molecular formula is C15H15FN8. The Morgan fingerprint density at radius 1 is 1.08 bits per heavy atom. The Kier molecular flexibility index (Phi) is 3.73. The Hall–Kier alpha value is -3.10. The summed E-state index contributed by atoms with van der Waals surface area (Å²) in [5, 5.41) is 7.00. The highest BCUT2D eigenvalue weighted by molar-refractivity contribution is 5.59. The Balaban J connectivity index is 1.78. The molecule has 0 atom stereocenters.